The number of allylic oxidation sites excluding steroid dienone is 2. The number of aliphatic hydroxyl groups is 1. The molecule has 0 saturated carbocycles. The lowest BCUT2D eigenvalue weighted by Gasteiger charge is -2.15. The van der Waals surface area contributed by atoms with Crippen LogP contribution in [0.3, 0.4) is 0 Å². The Labute approximate surface area is 142 Å². The quantitative estimate of drug-likeness (QED) is 0.352. The lowest BCUT2D eigenvalue weighted by atomic mass is 10.1. The van der Waals surface area contributed by atoms with Crippen molar-refractivity contribution in [2.75, 3.05) is 19.1 Å². The van der Waals surface area contributed by atoms with Crippen molar-refractivity contribution in [3.63, 3.8) is 0 Å². The Kier molecular flexibility index (Phi) is 6.53. The first-order valence-corrected chi connectivity index (χ1v) is 7.98. The summed E-state index contributed by atoms with van der Waals surface area (Å²) in [4.78, 5) is 0. The van der Waals surface area contributed by atoms with Crippen LogP contribution < -0.4 is 32.5 Å². The van der Waals surface area contributed by atoms with Gasteiger partial charge in [0.25, 0.3) is 0 Å². The highest BCUT2D eigenvalue weighted by Gasteiger charge is 2.10. The van der Waals surface area contributed by atoms with E-state index in [1.807, 2.05) is 50.5 Å². The van der Waals surface area contributed by atoms with Gasteiger partial charge < -0.3 is 32.2 Å². The molecule has 7 heteroatoms. The van der Waals surface area contributed by atoms with Crippen LogP contribution in [-0.2, 0) is 0 Å². The maximum absolute atomic E-state index is 9.17. The topological polar surface area (TPSA) is 106 Å². The van der Waals surface area contributed by atoms with Gasteiger partial charge in [-0.1, -0.05) is 19.1 Å². The zero-order valence-corrected chi connectivity index (χ0v) is 14.1. The second kappa shape index (κ2) is 8.85. The second-order valence-corrected chi connectivity index (χ2v) is 5.42. The molecule has 0 radical (unpaired) electrons. The first-order valence-electron chi connectivity index (χ1n) is 7.98. The summed E-state index contributed by atoms with van der Waals surface area (Å²) in [6.45, 7) is 2.05. The number of aliphatic hydroxyl groups excluding tert-OH is 1. The third-order valence-corrected chi connectivity index (χ3v) is 3.60. The van der Waals surface area contributed by atoms with Gasteiger partial charge in [0, 0.05) is 24.5 Å². The van der Waals surface area contributed by atoms with Crippen LogP contribution in [0.1, 0.15) is 18.9 Å². The molecular weight excluding hydrogens is 304 g/mol. The summed E-state index contributed by atoms with van der Waals surface area (Å²) >= 11 is 0. The van der Waals surface area contributed by atoms with Crippen molar-refractivity contribution in [1.29, 1.82) is 0 Å². The molecule has 0 amide bonds. The van der Waals surface area contributed by atoms with Gasteiger partial charge in [-0.05, 0) is 30.7 Å². The van der Waals surface area contributed by atoms with E-state index in [0.29, 0.717) is 5.82 Å². The smallest absolute Gasteiger partial charge is 0.107 e. The predicted molar refractivity (Wildman–Crippen MR) is 98.0 cm³/mol. The molecule has 1 unspecified atom stereocenters. The Hall–Kier alpha value is -2.64. The van der Waals surface area contributed by atoms with Crippen LogP contribution in [0.2, 0.25) is 0 Å². The lowest BCUT2D eigenvalue weighted by molar-refractivity contribution is 0.246. The SMILES string of the molecule is CCC(CO)N/C(N)=C/C=C1/NC=C(c2cccc(NNC)c2)N1. The monoisotopic (exact) mass is 330 g/mol. The molecule has 24 heavy (non-hydrogen) atoms. The van der Waals surface area contributed by atoms with Crippen molar-refractivity contribution in [3.05, 3.63) is 59.8 Å². The molecule has 0 saturated heterocycles. The summed E-state index contributed by atoms with van der Waals surface area (Å²) in [6, 6.07) is 8.02. The molecular formula is C17H26N6O. The van der Waals surface area contributed by atoms with Gasteiger partial charge in [-0.3, -0.25) is 0 Å². The number of benzene rings is 1. The largest absolute Gasteiger partial charge is 0.394 e. The fraction of sp³-hybridized carbons (Fsp3) is 0.294. The molecule has 0 spiro atoms. The molecule has 0 bridgehead atoms. The Morgan fingerprint density at radius 3 is 2.96 bits per heavy atom. The van der Waals surface area contributed by atoms with Gasteiger partial charge >= 0.3 is 0 Å². The molecule has 1 heterocycles. The van der Waals surface area contributed by atoms with Crippen LogP contribution in [0.15, 0.2) is 54.3 Å². The number of anilines is 1. The van der Waals surface area contributed by atoms with Gasteiger partial charge in [0.05, 0.1) is 24.2 Å². The van der Waals surface area contributed by atoms with Gasteiger partial charge in [0.15, 0.2) is 0 Å². The summed E-state index contributed by atoms with van der Waals surface area (Å²) in [5, 5.41) is 18.7. The lowest BCUT2D eigenvalue weighted by Crippen LogP contribution is -2.34. The standard InChI is InChI=1S/C17H26N6O/c1-3-13(11-24)21-16(18)7-8-17-20-10-15(22-17)12-5-4-6-14(9-12)23-19-2/h4-10,13,19-24H,3,11,18H2,1-2H3/b16-7+,17-8-. The average Bonchev–Trinajstić information content (AvgIpc) is 3.07. The highest BCUT2D eigenvalue weighted by Crippen LogP contribution is 2.19. The Balaban J connectivity index is 1.97. The molecule has 1 aromatic rings. The van der Waals surface area contributed by atoms with E-state index in [1.165, 1.54) is 0 Å². The van der Waals surface area contributed by atoms with E-state index < -0.39 is 0 Å². The van der Waals surface area contributed by atoms with Crippen LogP contribution >= 0.6 is 0 Å². The molecule has 2 rings (SSSR count). The third kappa shape index (κ3) is 4.94. The fourth-order valence-corrected chi connectivity index (χ4v) is 2.26. The summed E-state index contributed by atoms with van der Waals surface area (Å²) in [5.41, 5.74) is 14.9. The van der Waals surface area contributed by atoms with Crippen LogP contribution in [0, 0.1) is 0 Å². The van der Waals surface area contributed by atoms with Gasteiger partial charge in [0.2, 0.25) is 0 Å². The highest BCUT2D eigenvalue weighted by molar-refractivity contribution is 5.70. The number of hydrogen-bond acceptors (Lipinski definition) is 7. The normalized spacial score (nSPS) is 17.0. The molecule has 130 valence electrons. The van der Waals surface area contributed by atoms with Gasteiger partial charge in [0.1, 0.15) is 5.82 Å². The molecule has 7 nitrogen and oxygen atoms in total. The number of nitrogens with one attached hydrogen (secondary N) is 5. The van der Waals surface area contributed by atoms with E-state index in [2.05, 4.69) is 26.8 Å². The highest BCUT2D eigenvalue weighted by atomic mass is 16.3. The summed E-state index contributed by atoms with van der Waals surface area (Å²) in [6.07, 6.45) is 6.33. The van der Waals surface area contributed by atoms with Gasteiger partial charge in [-0.2, -0.15) is 0 Å². The van der Waals surface area contributed by atoms with Crippen LogP contribution in [0.5, 0.6) is 0 Å². The minimum Gasteiger partial charge on any atom is -0.394 e. The molecule has 0 aliphatic carbocycles. The Morgan fingerprint density at radius 1 is 1.42 bits per heavy atom. The summed E-state index contributed by atoms with van der Waals surface area (Å²) in [7, 11) is 1.83. The van der Waals surface area contributed by atoms with Crippen LogP contribution in [-0.4, -0.2) is 24.8 Å². The summed E-state index contributed by atoms with van der Waals surface area (Å²) in [5.74, 6) is 1.35. The van der Waals surface area contributed by atoms with Gasteiger partial charge in [-0.25, -0.2) is 5.43 Å². The number of nitrogens with two attached hydrogens (primary N) is 1. The Bertz CT molecular complexity index is 634. The third-order valence-electron chi connectivity index (χ3n) is 3.60. The van der Waals surface area contributed by atoms with Crippen molar-refractivity contribution < 1.29 is 5.11 Å². The first-order chi connectivity index (χ1) is 11.7. The van der Waals surface area contributed by atoms with E-state index >= 15 is 0 Å². The first kappa shape index (κ1) is 17.7. The van der Waals surface area contributed by atoms with E-state index in [9.17, 15) is 5.11 Å². The van der Waals surface area contributed by atoms with Crippen LogP contribution in [0.4, 0.5) is 5.69 Å². The number of rotatable bonds is 8. The fourth-order valence-electron chi connectivity index (χ4n) is 2.26. The molecule has 8 N–H and O–H groups in total. The Morgan fingerprint density at radius 2 is 2.25 bits per heavy atom. The molecule has 0 fully saturated rings. The molecule has 1 aromatic carbocycles. The number of hydrogen-bond donors (Lipinski definition) is 7. The van der Waals surface area contributed by atoms with Crippen LogP contribution in [0.25, 0.3) is 5.70 Å². The van der Waals surface area contributed by atoms with Crippen molar-refractivity contribution >= 4 is 11.4 Å². The van der Waals surface area contributed by atoms with Crippen molar-refractivity contribution in [3.8, 4) is 0 Å². The zero-order valence-electron chi connectivity index (χ0n) is 14.1. The molecule has 1 aliphatic rings. The minimum absolute atomic E-state index is 0.0275. The maximum atomic E-state index is 9.17. The maximum Gasteiger partial charge on any atom is 0.107 e. The van der Waals surface area contributed by atoms with E-state index in [0.717, 1.165) is 29.2 Å². The number of hydrazine groups is 1. The van der Waals surface area contributed by atoms with Gasteiger partial charge in [-0.15, -0.1) is 0 Å². The van der Waals surface area contributed by atoms with E-state index in [1.54, 1.807) is 6.08 Å². The average molecular weight is 330 g/mol. The van der Waals surface area contributed by atoms with Crippen molar-refractivity contribution in [2.45, 2.75) is 19.4 Å². The predicted octanol–water partition coefficient (Wildman–Crippen LogP) is 0.726. The zero-order chi connectivity index (χ0) is 17.4. The minimum atomic E-state index is -0.0275. The van der Waals surface area contributed by atoms with Crippen molar-refractivity contribution in [1.82, 2.24) is 21.4 Å². The molecule has 0 aromatic heterocycles. The molecule has 1 aliphatic heterocycles. The summed E-state index contributed by atoms with van der Waals surface area (Å²) < 4.78 is 0. The molecule has 1 atom stereocenters. The van der Waals surface area contributed by atoms with E-state index in [4.69, 9.17) is 5.73 Å². The van der Waals surface area contributed by atoms with E-state index in [-0.39, 0.29) is 12.6 Å². The van der Waals surface area contributed by atoms with Crippen molar-refractivity contribution in [2.24, 2.45) is 5.73 Å². The second-order valence-electron chi connectivity index (χ2n) is 5.42.